The fourth-order valence-corrected chi connectivity index (χ4v) is 3.20. The van der Waals surface area contributed by atoms with Crippen LogP contribution in [-0.4, -0.2) is 38.6 Å². The molecule has 1 aromatic heterocycles. The number of halogens is 1. The molecule has 0 unspecified atom stereocenters. The van der Waals surface area contributed by atoms with Gasteiger partial charge in [0.2, 0.25) is 0 Å². The van der Waals surface area contributed by atoms with Gasteiger partial charge in [0.05, 0.1) is 23.8 Å². The van der Waals surface area contributed by atoms with Crippen molar-refractivity contribution in [1.29, 1.82) is 0 Å². The van der Waals surface area contributed by atoms with Crippen LogP contribution in [0.15, 0.2) is 54.7 Å². The monoisotopic (exact) mass is 410 g/mol. The lowest BCUT2D eigenvalue weighted by Gasteiger charge is -2.18. The second kappa shape index (κ2) is 7.94. The van der Waals surface area contributed by atoms with Gasteiger partial charge in [-0.15, -0.1) is 5.10 Å². The van der Waals surface area contributed by atoms with Crippen molar-refractivity contribution in [3.8, 4) is 5.75 Å². The number of amides is 1. The van der Waals surface area contributed by atoms with Crippen LogP contribution in [0.3, 0.4) is 0 Å². The van der Waals surface area contributed by atoms with E-state index in [4.69, 9.17) is 9.84 Å². The number of benzene rings is 2. The SMILES string of the molecule is O=C(O)c1ccc(C2(NC(=O)c3cnnn3CCOc3ccc(F)cc3)CC2)cc1. The van der Waals surface area contributed by atoms with Crippen LogP contribution in [0.2, 0.25) is 0 Å². The molecule has 1 saturated carbocycles. The van der Waals surface area contributed by atoms with Crippen LogP contribution in [0.1, 0.15) is 39.3 Å². The summed E-state index contributed by atoms with van der Waals surface area (Å²) in [6.45, 7) is 0.525. The van der Waals surface area contributed by atoms with Crippen LogP contribution >= 0.6 is 0 Å². The third-order valence-corrected chi connectivity index (χ3v) is 5.02. The molecule has 3 aromatic rings. The van der Waals surface area contributed by atoms with Crippen LogP contribution in [0.4, 0.5) is 4.39 Å². The first-order chi connectivity index (χ1) is 14.5. The maximum atomic E-state index is 12.9. The molecular weight excluding hydrogens is 391 g/mol. The number of carbonyl (C=O) groups is 2. The van der Waals surface area contributed by atoms with Gasteiger partial charge in [-0.3, -0.25) is 4.79 Å². The minimum atomic E-state index is -0.992. The molecule has 0 saturated heterocycles. The predicted molar refractivity (Wildman–Crippen MR) is 104 cm³/mol. The summed E-state index contributed by atoms with van der Waals surface area (Å²) < 4.78 is 19.9. The molecule has 2 aromatic carbocycles. The van der Waals surface area contributed by atoms with Gasteiger partial charge in [0, 0.05) is 0 Å². The van der Waals surface area contributed by atoms with Gasteiger partial charge in [-0.25, -0.2) is 13.9 Å². The number of hydrogen-bond donors (Lipinski definition) is 2. The van der Waals surface area contributed by atoms with Crippen LogP contribution < -0.4 is 10.1 Å². The molecule has 1 aliphatic carbocycles. The van der Waals surface area contributed by atoms with Gasteiger partial charge in [-0.1, -0.05) is 17.3 Å². The first kappa shape index (κ1) is 19.6. The summed E-state index contributed by atoms with van der Waals surface area (Å²) in [5.41, 5.74) is 0.850. The first-order valence-corrected chi connectivity index (χ1v) is 9.40. The molecule has 1 fully saturated rings. The van der Waals surface area contributed by atoms with Crippen molar-refractivity contribution in [1.82, 2.24) is 20.3 Å². The molecular formula is C21H19FN4O4. The molecule has 0 atom stereocenters. The quantitative estimate of drug-likeness (QED) is 0.591. The Labute approximate surface area is 171 Å². The van der Waals surface area contributed by atoms with Gasteiger partial charge in [0.15, 0.2) is 0 Å². The van der Waals surface area contributed by atoms with E-state index < -0.39 is 11.5 Å². The van der Waals surface area contributed by atoms with Gasteiger partial charge in [-0.2, -0.15) is 0 Å². The van der Waals surface area contributed by atoms with Crippen molar-refractivity contribution in [2.75, 3.05) is 6.61 Å². The molecule has 2 N–H and O–H groups in total. The second-order valence-corrected chi connectivity index (χ2v) is 7.06. The lowest BCUT2D eigenvalue weighted by molar-refractivity contribution is 0.0696. The average molecular weight is 410 g/mol. The van der Waals surface area contributed by atoms with E-state index >= 15 is 0 Å². The number of carboxylic acids is 1. The Hall–Kier alpha value is -3.75. The highest BCUT2D eigenvalue weighted by Crippen LogP contribution is 2.45. The summed E-state index contributed by atoms with van der Waals surface area (Å²) in [6.07, 6.45) is 2.91. The molecule has 0 bridgehead atoms. The Balaban J connectivity index is 1.39. The number of carboxylic acid groups (broad SMARTS) is 1. The highest BCUT2D eigenvalue weighted by Gasteiger charge is 2.46. The van der Waals surface area contributed by atoms with Gasteiger partial charge in [0.25, 0.3) is 5.91 Å². The molecule has 1 aliphatic rings. The topological polar surface area (TPSA) is 106 Å². The van der Waals surface area contributed by atoms with Crippen molar-refractivity contribution in [2.45, 2.75) is 24.9 Å². The zero-order valence-corrected chi connectivity index (χ0v) is 15.9. The zero-order valence-electron chi connectivity index (χ0n) is 15.9. The summed E-state index contributed by atoms with van der Waals surface area (Å²) in [7, 11) is 0. The van der Waals surface area contributed by atoms with Crippen LogP contribution in [0.5, 0.6) is 5.75 Å². The number of nitrogens with one attached hydrogen (secondary N) is 1. The van der Waals surface area contributed by atoms with Crippen LogP contribution in [0.25, 0.3) is 0 Å². The standard InChI is InChI=1S/C21H19FN4O4/c22-16-5-7-17(8-6-16)30-12-11-26-18(13-23-25-26)19(27)24-21(9-10-21)15-3-1-14(2-4-15)20(28)29/h1-8,13H,9-12H2,(H,24,27)(H,28,29). The molecule has 0 radical (unpaired) electrons. The van der Waals surface area contributed by atoms with E-state index in [1.807, 2.05) is 0 Å². The fraction of sp³-hybridized carbons (Fsp3) is 0.238. The van der Waals surface area contributed by atoms with E-state index in [2.05, 4.69) is 15.6 Å². The van der Waals surface area contributed by atoms with Crippen molar-refractivity contribution in [2.24, 2.45) is 0 Å². The fourth-order valence-electron chi connectivity index (χ4n) is 3.20. The Bertz CT molecular complexity index is 1060. The molecule has 30 heavy (non-hydrogen) atoms. The van der Waals surface area contributed by atoms with E-state index in [1.54, 1.807) is 12.1 Å². The lowest BCUT2D eigenvalue weighted by Crippen LogP contribution is -2.36. The van der Waals surface area contributed by atoms with E-state index in [0.717, 1.165) is 18.4 Å². The number of aromatic carboxylic acids is 1. The van der Waals surface area contributed by atoms with Crippen molar-refractivity contribution >= 4 is 11.9 Å². The minimum Gasteiger partial charge on any atom is -0.492 e. The maximum Gasteiger partial charge on any atom is 0.335 e. The summed E-state index contributed by atoms with van der Waals surface area (Å²) in [6, 6.07) is 12.2. The summed E-state index contributed by atoms with van der Waals surface area (Å²) in [5, 5.41) is 19.8. The third-order valence-electron chi connectivity index (χ3n) is 5.02. The number of hydrogen-bond acceptors (Lipinski definition) is 5. The number of carbonyl (C=O) groups excluding carboxylic acids is 1. The predicted octanol–water partition coefficient (Wildman–Crippen LogP) is 2.61. The smallest absolute Gasteiger partial charge is 0.335 e. The molecule has 4 rings (SSSR count). The largest absolute Gasteiger partial charge is 0.492 e. The normalized spacial score (nSPS) is 14.2. The molecule has 154 valence electrons. The Morgan fingerprint density at radius 3 is 2.47 bits per heavy atom. The van der Waals surface area contributed by atoms with E-state index in [0.29, 0.717) is 18.0 Å². The van der Waals surface area contributed by atoms with Gasteiger partial charge >= 0.3 is 5.97 Å². The van der Waals surface area contributed by atoms with Crippen molar-refractivity contribution < 1.29 is 23.8 Å². The Kier molecular flexibility index (Phi) is 5.18. The van der Waals surface area contributed by atoms with E-state index in [-0.39, 0.29) is 23.9 Å². The van der Waals surface area contributed by atoms with Crippen molar-refractivity contribution in [3.63, 3.8) is 0 Å². The summed E-state index contributed by atoms with van der Waals surface area (Å²) >= 11 is 0. The molecule has 0 spiro atoms. The Morgan fingerprint density at radius 2 is 1.83 bits per heavy atom. The summed E-state index contributed by atoms with van der Waals surface area (Å²) in [4.78, 5) is 23.8. The average Bonchev–Trinajstić information content (AvgIpc) is 3.37. The zero-order chi connectivity index (χ0) is 21.1. The van der Waals surface area contributed by atoms with Crippen LogP contribution in [-0.2, 0) is 12.1 Å². The lowest BCUT2D eigenvalue weighted by atomic mass is 10.0. The highest BCUT2D eigenvalue weighted by atomic mass is 19.1. The number of nitrogens with zero attached hydrogens (tertiary/aromatic N) is 3. The highest BCUT2D eigenvalue weighted by molar-refractivity contribution is 5.93. The minimum absolute atomic E-state index is 0.198. The third kappa shape index (κ3) is 4.14. The van der Waals surface area contributed by atoms with Gasteiger partial charge in [0.1, 0.15) is 23.9 Å². The molecule has 0 aliphatic heterocycles. The number of rotatable bonds is 8. The summed E-state index contributed by atoms with van der Waals surface area (Å²) in [5.74, 6) is -1.14. The van der Waals surface area contributed by atoms with Gasteiger partial charge in [-0.05, 0) is 54.8 Å². The van der Waals surface area contributed by atoms with Crippen molar-refractivity contribution in [3.05, 3.63) is 77.4 Å². The van der Waals surface area contributed by atoms with E-state index in [1.165, 1.54) is 47.3 Å². The molecule has 9 heteroatoms. The second-order valence-electron chi connectivity index (χ2n) is 7.06. The molecule has 1 amide bonds. The molecule has 8 nitrogen and oxygen atoms in total. The van der Waals surface area contributed by atoms with Crippen LogP contribution in [0, 0.1) is 5.82 Å². The van der Waals surface area contributed by atoms with Gasteiger partial charge < -0.3 is 15.2 Å². The Morgan fingerprint density at radius 1 is 1.13 bits per heavy atom. The van der Waals surface area contributed by atoms with E-state index in [9.17, 15) is 14.0 Å². The first-order valence-electron chi connectivity index (χ1n) is 9.40. The number of ether oxygens (including phenoxy) is 1. The maximum absolute atomic E-state index is 12.9. The number of aromatic nitrogens is 3. The molecule has 1 heterocycles.